The van der Waals surface area contributed by atoms with Gasteiger partial charge in [-0.1, -0.05) is 31.2 Å². The van der Waals surface area contributed by atoms with Crippen molar-refractivity contribution < 1.29 is 4.79 Å². The number of hydrogen-bond donors (Lipinski definition) is 2. The molecule has 1 atom stereocenters. The van der Waals surface area contributed by atoms with Gasteiger partial charge in [-0.15, -0.1) is 0 Å². The molecule has 1 unspecified atom stereocenters. The molecule has 0 saturated heterocycles. The fourth-order valence-electron chi connectivity index (χ4n) is 1.79. The third-order valence-electron chi connectivity index (χ3n) is 3.02. The highest BCUT2D eigenvalue weighted by Crippen LogP contribution is 2.07. The van der Waals surface area contributed by atoms with Gasteiger partial charge in [0.2, 0.25) is 5.91 Å². The van der Waals surface area contributed by atoms with Crippen LogP contribution < -0.4 is 5.32 Å². The Hall–Kier alpha value is -2.43. The topological polar surface area (TPSA) is 70.7 Å². The summed E-state index contributed by atoms with van der Waals surface area (Å²) in [5.41, 5.74) is 2.29. The van der Waals surface area contributed by atoms with Crippen LogP contribution in [0.1, 0.15) is 36.8 Å². The second kappa shape index (κ2) is 6.65. The van der Waals surface area contributed by atoms with E-state index in [0.717, 1.165) is 12.0 Å². The predicted molar refractivity (Wildman–Crippen MR) is 77.8 cm³/mol. The highest BCUT2D eigenvalue weighted by molar-refractivity contribution is 5.91. The van der Waals surface area contributed by atoms with Gasteiger partial charge in [0, 0.05) is 6.08 Å². The summed E-state index contributed by atoms with van der Waals surface area (Å²) in [6.07, 6.45) is 5.75. The maximum absolute atomic E-state index is 11.8. The minimum atomic E-state index is -0.197. The molecule has 5 nitrogen and oxygen atoms in total. The molecule has 2 aromatic rings. The maximum Gasteiger partial charge on any atom is 0.244 e. The molecule has 0 aliphatic heterocycles. The predicted octanol–water partition coefficient (Wildman–Crippen LogP) is 2.26. The zero-order valence-electron chi connectivity index (χ0n) is 11.6. The molecule has 5 heteroatoms. The average Bonchev–Trinajstić information content (AvgIpc) is 3.00. The first-order valence-corrected chi connectivity index (χ1v) is 6.62. The number of carbonyl (C=O) groups is 1. The van der Waals surface area contributed by atoms with Crippen LogP contribution in [0.25, 0.3) is 6.08 Å². The lowest BCUT2D eigenvalue weighted by Gasteiger charge is -2.08. The van der Waals surface area contributed by atoms with Crippen molar-refractivity contribution in [2.45, 2.75) is 26.3 Å². The van der Waals surface area contributed by atoms with Crippen molar-refractivity contribution in [2.24, 2.45) is 0 Å². The summed E-state index contributed by atoms with van der Waals surface area (Å²) in [7, 11) is 0. The number of benzene rings is 1. The van der Waals surface area contributed by atoms with Gasteiger partial charge in [-0.05, 0) is 30.5 Å². The Labute approximate surface area is 118 Å². The molecule has 0 fully saturated rings. The van der Waals surface area contributed by atoms with Crippen molar-refractivity contribution >= 4 is 12.0 Å². The van der Waals surface area contributed by atoms with Crippen molar-refractivity contribution in [1.82, 2.24) is 20.5 Å². The van der Waals surface area contributed by atoms with E-state index in [1.807, 2.05) is 19.1 Å². The Kier molecular flexibility index (Phi) is 4.65. The van der Waals surface area contributed by atoms with Crippen LogP contribution in [0.2, 0.25) is 0 Å². The van der Waals surface area contributed by atoms with Gasteiger partial charge in [-0.3, -0.25) is 9.89 Å². The molecule has 0 spiro atoms. The van der Waals surface area contributed by atoms with E-state index in [9.17, 15) is 4.79 Å². The molecule has 2 N–H and O–H groups in total. The normalized spacial score (nSPS) is 12.5. The summed E-state index contributed by atoms with van der Waals surface area (Å²) < 4.78 is 0. The molecular weight excluding hydrogens is 252 g/mol. The van der Waals surface area contributed by atoms with Crippen LogP contribution in [-0.4, -0.2) is 21.1 Å². The van der Waals surface area contributed by atoms with Gasteiger partial charge in [-0.25, -0.2) is 4.98 Å². The van der Waals surface area contributed by atoms with E-state index in [1.165, 1.54) is 18.0 Å². The quantitative estimate of drug-likeness (QED) is 0.819. The molecule has 0 bridgehead atoms. The summed E-state index contributed by atoms with van der Waals surface area (Å²) in [4.78, 5) is 15.8. The molecule has 2 rings (SSSR count). The second-order valence-corrected chi connectivity index (χ2v) is 4.53. The smallest absolute Gasteiger partial charge is 0.244 e. The van der Waals surface area contributed by atoms with Gasteiger partial charge < -0.3 is 5.32 Å². The lowest BCUT2D eigenvalue weighted by molar-refractivity contribution is -0.117. The number of hydrogen-bond acceptors (Lipinski definition) is 3. The van der Waals surface area contributed by atoms with Gasteiger partial charge in [0.1, 0.15) is 12.2 Å². The van der Waals surface area contributed by atoms with Crippen LogP contribution in [0.5, 0.6) is 0 Å². The molecule has 1 heterocycles. The number of rotatable bonds is 5. The van der Waals surface area contributed by atoms with Crippen LogP contribution in [0.15, 0.2) is 36.7 Å². The van der Waals surface area contributed by atoms with Crippen LogP contribution in [0.4, 0.5) is 0 Å². The minimum absolute atomic E-state index is 0.159. The van der Waals surface area contributed by atoms with Crippen LogP contribution >= 0.6 is 0 Å². The molecule has 1 aromatic carbocycles. The molecule has 0 saturated carbocycles. The van der Waals surface area contributed by atoms with Gasteiger partial charge in [0.15, 0.2) is 0 Å². The minimum Gasteiger partial charge on any atom is -0.343 e. The van der Waals surface area contributed by atoms with Gasteiger partial charge >= 0.3 is 0 Å². The van der Waals surface area contributed by atoms with E-state index in [-0.39, 0.29) is 11.9 Å². The molecule has 104 valence electrons. The largest absolute Gasteiger partial charge is 0.343 e. The summed E-state index contributed by atoms with van der Waals surface area (Å²) in [5.74, 6) is 0.479. The standard InChI is InChI=1S/C15H18N4O/c1-3-12-4-6-13(7-5-12)8-9-14(20)18-11(2)15-16-10-17-19-15/h4-11H,3H2,1-2H3,(H,18,20)(H,16,17,19)/b9-8+. The van der Waals surface area contributed by atoms with Crippen LogP contribution in [-0.2, 0) is 11.2 Å². The zero-order chi connectivity index (χ0) is 14.4. The molecule has 20 heavy (non-hydrogen) atoms. The lowest BCUT2D eigenvalue weighted by Crippen LogP contribution is -2.25. The Morgan fingerprint density at radius 1 is 1.40 bits per heavy atom. The first-order chi connectivity index (χ1) is 9.69. The Morgan fingerprint density at radius 2 is 2.15 bits per heavy atom. The molecule has 1 aromatic heterocycles. The van der Waals surface area contributed by atoms with Gasteiger partial charge in [0.05, 0.1) is 6.04 Å². The SMILES string of the molecule is CCc1ccc(/C=C/C(=O)NC(C)c2ncn[nH]2)cc1. The molecule has 1 amide bonds. The van der Waals surface area contributed by atoms with Crippen LogP contribution in [0.3, 0.4) is 0 Å². The monoisotopic (exact) mass is 270 g/mol. The second-order valence-electron chi connectivity index (χ2n) is 4.53. The highest BCUT2D eigenvalue weighted by atomic mass is 16.1. The van der Waals surface area contributed by atoms with E-state index in [4.69, 9.17) is 0 Å². The maximum atomic E-state index is 11.8. The summed E-state index contributed by atoms with van der Waals surface area (Å²) in [5, 5.41) is 9.30. The van der Waals surface area contributed by atoms with E-state index in [1.54, 1.807) is 6.08 Å². The zero-order valence-corrected chi connectivity index (χ0v) is 11.6. The third kappa shape index (κ3) is 3.78. The van der Waals surface area contributed by atoms with E-state index in [2.05, 4.69) is 39.6 Å². The first-order valence-electron chi connectivity index (χ1n) is 6.62. The number of carbonyl (C=O) groups excluding carboxylic acids is 1. The fraction of sp³-hybridized carbons (Fsp3) is 0.267. The van der Waals surface area contributed by atoms with E-state index in [0.29, 0.717) is 5.82 Å². The Balaban J connectivity index is 1.91. The van der Waals surface area contributed by atoms with Crippen molar-refractivity contribution in [1.29, 1.82) is 0 Å². The molecule has 0 radical (unpaired) electrons. The summed E-state index contributed by atoms with van der Waals surface area (Å²) in [6.45, 7) is 3.96. The number of aryl methyl sites for hydroxylation is 1. The Bertz CT molecular complexity index is 572. The van der Waals surface area contributed by atoms with Crippen molar-refractivity contribution in [3.63, 3.8) is 0 Å². The van der Waals surface area contributed by atoms with Gasteiger partial charge in [-0.2, -0.15) is 5.10 Å². The highest BCUT2D eigenvalue weighted by Gasteiger charge is 2.09. The average molecular weight is 270 g/mol. The number of aromatic amines is 1. The number of nitrogens with zero attached hydrogens (tertiary/aromatic N) is 2. The van der Waals surface area contributed by atoms with E-state index >= 15 is 0 Å². The number of H-pyrrole nitrogens is 1. The van der Waals surface area contributed by atoms with Gasteiger partial charge in [0.25, 0.3) is 0 Å². The van der Waals surface area contributed by atoms with Crippen LogP contribution in [0, 0.1) is 0 Å². The lowest BCUT2D eigenvalue weighted by atomic mass is 10.1. The molecule has 0 aliphatic carbocycles. The number of amides is 1. The Morgan fingerprint density at radius 3 is 2.75 bits per heavy atom. The van der Waals surface area contributed by atoms with Crippen molar-refractivity contribution in [3.05, 3.63) is 53.6 Å². The fourth-order valence-corrected chi connectivity index (χ4v) is 1.79. The number of aromatic nitrogens is 3. The summed E-state index contributed by atoms with van der Waals surface area (Å²) in [6, 6.07) is 7.94. The van der Waals surface area contributed by atoms with E-state index < -0.39 is 0 Å². The van der Waals surface area contributed by atoms with Crippen molar-refractivity contribution in [3.8, 4) is 0 Å². The molecular formula is C15H18N4O. The third-order valence-corrected chi connectivity index (χ3v) is 3.02. The first kappa shape index (κ1) is 14.0. The molecule has 0 aliphatic rings. The van der Waals surface area contributed by atoms with Crippen molar-refractivity contribution in [2.75, 3.05) is 0 Å². The summed E-state index contributed by atoms with van der Waals surface area (Å²) >= 11 is 0. The number of nitrogens with one attached hydrogen (secondary N) is 2.